The number of carbonyl (C=O) groups excluding carboxylic acids is 2. The predicted molar refractivity (Wildman–Crippen MR) is 139 cm³/mol. The van der Waals surface area contributed by atoms with Crippen molar-refractivity contribution in [2.45, 2.75) is 54.6 Å². The molecular weight excluding hydrogens is 556 g/mol. The van der Waals surface area contributed by atoms with Crippen molar-refractivity contribution in [2.24, 2.45) is 5.41 Å². The predicted octanol–water partition coefficient (Wildman–Crippen LogP) is 4.23. The first-order valence-electron chi connectivity index (χ1n) is 12.9. The average Bonchev–Trinajstić information content (AvgIpc) is 3.37. The average molecular weight is 583 g/mol. The van der Waals surface area contributed by atoms with Gasteiger partial charge in [-0.1, -0.05) is 29.3 Å². The Morgan fingerprint density at radius 2 is 1.97 bits per heavy atom. The summed E-state index contributed by atoms with van der Waals surface area (Å²) in [5.41, 5.74) is -3.29. The van der Waals surface area contributed by atoms with Crippen LogP contribution in [-0.2, 0) is 19.7 Å². The van der Waals surface area contributed by atoms with Crippen LogP contribution in [0.25, 0.3) is 0 Å². The minimum atomic E-state index is -1.60. The van der Waals surface area contributed by atoms with E-state index in [4.69, 9.17) is 27.9 Å². The number of aromatic nitrogens is 1. The topological polar surface area (TPSA) is 92.4 Å². The number of alkyl halides is 2. The number of carbonyl (C=O) groups is 2. The molecule has 4 atom stereocenters. The SMILES string of the molecule is O=C(N[C@@H]1CCCOC1)[C@@H]1NC2(CC(CF)(CF)C2)[C@@]2(C(=O)Nc3cc(Cl)ccc32)[C@H]1c1ccnc(Cl)c1F. The summed E-state index contributed by atoms with van der Waals surface area (Å²) in [6, 6.07) is 4.83. The minimum Gasteiger partial charge on any atom is -0.379 e. The van der Waals surface area contributed by atoms with Crippen LogP contribution in [0.4, 0.5) is 18.9 Å². The Morgan fingerprint density at radius 1 is 1.21 bits per heavy atom. The molecule has 208 valence electrons. The maximum Gasteiger partial charge on any atom is 0.238 e. The summed E-state index contributed by atoms with van der Waals surface area (Å²) < 4.78 is 49.7. The van der Waals surface area contributed by atoms with Crippen molar-refractivity contribution < 1.29 is 27.5 Å². The van der Waals surface area contributed by atoms with E-state index >= 15 is 4.39 Å². The standard InChI is InChI=1S/C27H27Cl2F3N4O3/c28-14-3-4-17-18(8-14)35-24(38)27(17)19(16-5-6-33-22(29)20(16)32)21(23(37)34-15-2-1-7-39-9-15)36-26(27)10-25(11-26,12-30)13-31/h3-6,8,15,19,21,36H,1-2,7,9-13H2,(H,34,37)(H,35,38)/t15-,19+,21-,27-/m1/s1. The molecule has 2 spiro atoms. The smallest absolute Gasteiger partial charge is 0.238 e. The van der Waals surface area contributed by atoms with Crippen molar-refractivity contribution in [1.29, 1.82) is 0 Å². The highest BCUT2D eigenvalue weighted by Crippen LogP contribution is 2.68. The van der Waals surface area contributed by atoms with Crippen molar-refractivity contribution in [3.8, 4) is 0 Å². The van der Waals surface area contributed by atoms with Crippen LogP contribution in [0.2, 0.25) is 10.2 Å². The Kier molecular flexibility index (Phi) is 6.60. The van der Waals surface area contributed by atoms with Crippen molar-refractivity contribution in [3.63, 3.8) is 0 Å². The van der Waals surface area contributed by atoms with Gasteiger partial charge >= 0.3 is 0 Å². The second-order valence-corrected chi connectivity index (χ2v) is 12.0. The van der Waals surface area contributed by atoms with E-state index in [9.17, 15) is 18.4 Å². The van der Waals surface area contributed by atoms with Gasteiger partial charge in [-0.05, 0) is 55.0 Å². The van der Waals surface area contributed by atoms with E-state index in [1.54, 1.807) is 18.2 Å². The molecule has 0 bridgehead atoms. The molecule has 7 nitrogen and oxygen atoms in total. The number of nitrogens with one attached hydrogen (secondary N) is 3. The first-order valence-corrected chi connectivity index (χ1v) is 13.6. The number of anilines is 1. The van der Waals surface area contributed by atoms with Gasteiger partial charge in [0.1, 0.15) is 5.41 Å². The molecule has 12 heteroatoms. The largest absolute Gasteiger partial charge is 0.379 e. The summed E-state index contributed by atoms with van der Waals surface area (Å²) in [6.45, 7) is -0.954. The normalized spacial score (nSPS) is 30.2. The number of hydrogen-bond acceptors (Lipinski definition) is 5. The quantitative estimate of drug-likeness (QED) is 0.459. The number of ether oxygens (including phenoxy) is 1. The number of nitrogens with zero attached hydrogens (tertiary/aromatic N) is 1. The van der Waals surface area contributed by atoms with Crippen LogP contribution < -0.4 is 16.0 Å². The minimum absolute atomic E-state index is 0.00960. The van der Waals surface area contributed by atoms with Gasteiger partial charge in [0, 0.05) is 40.4 Å². The Bertz CT molecular complexity index is 1330. The summed E-state index contributed by atoms with van der Waals surface area (Å²) in [5, 5.41) is 9.12. The maximum absolute atomic E-state index is 15.8. The fraction of sp³-hybridized carbons (Fsp3) is 0.519. The third kappa shape index (κ3) is 3.82. The molecule has 4 heterocycles. The zero-order chi connectivity index (χ0) is 27.6. The van der Waals surface area contributed by atoms with Crippen molar-refractivity contribution in [2.75, 3.05) is 31.9 Å². The zero-order valence-electron chi connectivity index (χ0n) is 20.8. The first-order chi connectivity index (χ1) is 18.7. The highest BCUT2D eigenvalue weighted by atomic mass is 35.5. The first kappa shape index (κ1) is 26.8. The van der Waals surface area contributed by atoms with Crippen LogP contribution in [0.1, 0.15) is 42.7 Å². The molecule has 0 radical (unpaired) electrons. The lowest BCUT2D eigenvalue weighted by Crippen LogP contribution is -2.70. The summed E-state index contributed by atoms with van der Waals surface area (Å²) in [5.74, 6) is -2.96. The number of fused-ring (bicyclic) bond motifs is 3. The van der Waals surface area contributed by atoms with Gasteiger partial charge in [-0.25, -0.2) is 9.37 Å². The van der Waals surface area contributed by atoms with Crippen LogP contribution >= 0.6 is 23.2 Å². The summed E-state index contributed by atoms with van der Waals surface area (Å²) in [4.78, 5) is 31.9. The monoisotopic (exact) mass is 582 g/mol. The molecular formula is C27H27Cl2F3N4O3. The molecule has 2 saturated heterocycles. The zero-order valence-corrected chi connectivity index (χ0v) is 22.3. The molecule has 6 rings (SSSR count). The molecule has 3 aliphatic heterocycles. The third-order valence-electron chi connectivity index (χ3n) is 8.92. The van der Waals surface area contributed by atoms with Crippen molar-refractivity contribution in [3.05, 3.63) is 57.6 Å². The second-order valence-electron chi connectivity index (χ2n) is 11.2. The molecule has 1 aliphatic carbocycles. The lowest BCUT2D eigenvalue weighted by atomic mass is 9.46. The van der Waals surface area contributed by atoms with E-state index in [0.717, 1.165) is 6.42 Å². The Hall–Kier alpha value is -2.40. The molecule has 2 amide bonds. The number of pyridine rings is 1. The second kappa shape index (κ2) is 9.61. The third-order valence-corrected chi connectivity index (χ3v) is 9.42. The Balaban J connectivity index is 1.56. The van der Waals surface area contributed by atoms with E-state index in [0.29, 0.717) is 35.9 Å². The lowest BCUT2D eigenvalue weighted by molar-refractivity contribution is -0.131. The van der Waals surface area contributed by atoms with Crippen LogP contribution in [-0.4, -0.2) is 61.0 Å². The number of rotatable bonds is 5. The van der Waals surface area contributed by atoms with Crippen LogP contribution in [0.15, 0.2) is 30.5 Å². The molecule has 2 aromatic rings. The van der Waals surface area contributed by atoms with Gasteiger partial charge in [0.25, 0.3) is 0 Å². The van der Waals surface area contributed by atoms with Crippen LogP contribution in [0.3, 0.4) is 0 Å². The van der Waals surface area contributed by atoms with Crippen molar-refractivity contribution >= 4 is 40.7 Å². The lowest BCUT2D eigenvalue weighted by Gasteiger charge is -2.59. The number of amides is 2. The number of halogens is 5. The number of hydrogen-bond donors (Lipinski definition) is 3. The fourth-order valence-electron chi connectivity index (χ4n) is 7.41. The Labute approximate surface area is 233 Å². The van der Waals surface area contributed by atoms with E-state index < -0.39 is 64.5 Å². The van der Waals surface area contributed by atoms with Crippen molar-refractivity contribution in [1.82, 2.24) is 15.6 Å². The maximum atomic E-state index is 15.8. The molecule has 3 N–H and O–H groups in total. The molecule has 1 saturated carbocycles. The highest BCUT2D eigenvalue weighted by molar-refractivity contribution is 6.31. The van der Waals surface area contributed by atoms with Gasteiger partial charge in [0.05, 0.1) is 32.0 Å². The van der Waals surface area contributed by atoms with Gasteiger partial charge in [-0.15, -0.1) is 0 Å². The van der Waals surface area contributed by atoms with Gasteiger partial charge < -0.3 is 15.4 Å². The molecule has 39 heavy (non-hydrogen) atoms. The summed E-state index contributed by atoms with van der Waals surface area (Å²) in [7, 11) is 0. The molecule has 1 aromatic heterocycles. The van der Waals surface area contributed by atoms with E-state index in [1.165, 1.54) is 12.3 Å². The highest BCUT2D eigenvalue weighted by Gasteiger charge is 2.78. The molecule has 3 fully saturated rings. The number of benzene rings is 1. The molecule has 0 unspecified atom stereocenters. The van der Waals surface area contributed by atoms with Crippen LogP contribution in [0.5, 0.6) is 0 Å². The van der Waals surface area contributed by atoms with E-state index in [1.807, 2.05) is 0 Å². The summed E-state index contributed by atoms with van der Waals surface area (Å²) >= 11 is 12.3. The fourth-order valence-corrected chi connectivity index (χ4v) is 7.75. The van der Waals surface area contributed by atoms with Crippen LogP contribution in [0, 0.1) is 11.2 Å². The van der Waals surface area contributed by atoms with E-state index in [-0.39, 0.29) is 24.4 Å². The van der Waals surface area contributed by atoms with E-state index in [2.05, 4.69) is 20.9 Å². The Morgan fingerprint density at radius 3 is 2.67 bits per heavy atom. The van der Waals surface area contributed by atoms with Gasteiger partial charge in [-0.3, -0.25) is 23.7 Å². The summed E-state index contributed by atoms with van der Waals surface area (Å²) in [6.07, 6.45) is 2.63. The molecule has 4 aliphatic rings. The van der Waals surface area contributed by atoms with Gasteiger partial charge in [0.15, 0.2) is 11.0 Å². The molecule has 1 aromatic carbocycles. The van der Waals surface area contributed by atoms with Gasteiger partial charge in [-0.2, -0.15) is 0 Å². The van der Waals surface area contributed by atoms with Gasteiger partial charge in [0.2, 0.25) is 11.8 Å².